The molecule has 184 valence electrons. The van der Waals surface area contributed by atoms with E-state index in [2.05, 4.69) is 103 Å². The van der Waals surface area contributed by atoms with Gasteiger partial charge in [-0.2, -0.15) is 0 Å². The highest BCUT2D eigenvalue weighted by Crippen LogP contribution is 2.52. The number of furan rings is 1. The summed E-state index contributed by atoms with van der Waals surface area (Å²) in [5.41, 5.74) is 7.42. The highest BCUT2D eigenvalue weighted by atomic mass is 16.5. The van der Waals surface area contributed by atoms with Crippen molar-refractivity contribution in [1.82, 2.24) is 0 Å². The molecule has 0 radical (unpaired) electrons. The quantitative estimate of drug-likeness (QED) is 0.184. The summed E-state index contributed by atoms with van der Waals surface area (Å²) in [4.78, 5) is 0. The number of hydrogen-bond acceptors (Lipinski definition) is 2. The van der Waals surface area contributed by atoms with Crippen molar-refractivity contribution in [3.63, 3.8) is 0 Å². The molecule has 0 saturated carbocycles. The first-order valence-corrected chi connectivity index (χ1v) is 13.0. The van der Waals surface area contributed by atoms with Crippen LogP contribution >= 0.6 is 0 Å². The number of aryl methyl sites for hydroxylation is 2. The molecule has 3 heteroatoms. The molecule has 1 aliphatic rings. The van der Waals surface area contributed by atoms with Crippen molar-refractivity contribution >= 4 is 32.5 Å². The molecule has 0 unspecified atom stereocenters. The lowest BCUT2D eigenvalue weighted by molar-refractivity contribution is -0.659. The number of benzene rings is 3. The van der Waals surface area contributed by atoms with Crippen molar-refractivity contribution in [3.8, 4) is 22.8 Å². The summed E-state index contributed by atoms with van der Waals surface area (Å²) in [5, 5.41) is 6.11. The molecule has 3 heterocycles. The summed E-state index contributed by atoms with van der Waals surface area (Å²) in [7, 11) is 2.15. The number of fused-ring (bicyclic) bond motifs is 5. The standard InChI is InChI=1S/C33H36NO2/c1-19-22-12-14-35-30(22)25(18-33(5,6)7)31-27(19)29-28-24(11-13-34(29)8)23-10-9-20(17-32(2,3)4)15-21(23)16-26(28)36-31/h9-16H,17-18H2,1-8H3/q+1. The molecule has 0 atom stereocenters. The van der Waals surface area contributed by atoms with Crippen molar-refractivity contribution in [2.75, 3.05) is 0 Å². The van der Waals surface area contributed by atoms with Crippen LogP contribution in [0.2, 0.25) is 0 Å². The molecule has 3 nitrogen and oxygen atoms in total. The lowest BCUT2D eigenvalue weighted by atomic mass is 9.83. The topological polar surface area (TPSA) is 26.2 Å². The van der Waals surface area contributed by atoms with Crippen LogP contribution in [0.1, 0.15) is 58.2 Å². The Kier molecular flexibility index (Phi) is 4.87. The SMILES string of the molecule is Cc1c2c(c(CC(C)(C)C)c3occc13)Oc1cc3cc(CC(C)(C)C)ccc3c3cc[n+](C)c-2c13. The molecule has 3 aromatic carbocycles. The molecule has 0 saturated heterocycles. The average Bonchev–Trinajstić information content (AvgIpc) is 3.26. The Morgan fingerprint density at radius 1 is 0.833 bits per heavy atom. The van der Waals surface area contributed by atoms with Crippen LogP contribution in [0.3, 0.4) is 0 Å². The van der Waals surface area contributed by atoms with Crippen LogP contribution < -0.4 is 9.30 Å². The van der Waals surface area contributed by atoms with Crippen LogP contribution in [0, 0.1) is 17.8 Å². The van der Waals surface area contributed by atoms with E-state index in [1.807, 2.05) is 6.26 Å². The Morgan fingerprint density at radius 2 is 1.58 bits per heavy atom. The Balaban J connectivity index is 1.70. The van der Waals surface area contributed by atoms with E-state index in [4.69, 9.17) is 9.15 Å². The van der Waals surface area contributed by atoms with Gasteiger partial charge in [0.1, 0.15) is 24.1 Å². The van der Waals surface area contributed by atoms with E-state index < -0.39 is 0 Å². The molecular weight excluding hydrogens is 442 g/mol. The second-order valence-electron chi connectivity index (χ2n) is 13.0. The number of pyridine rings is 1. The maximum absolute atomic E-state index is 6.92. The minimum Gasteiger partial charge on any atom is -0.464 e. The van der Waals surface area contributed by atoms with E-state index in [1.165, 1.54) is 49.3 Å². The average molecular weight is 479 g/mol. The summed E-state index contributed by atoms with van der Waals surface area (Å²) < 4.78 is 15.3. The van der Waals surface area contributed by atoms with Gasteiger partial charge in [-0.3, -0.25) is 0 Å². The maximum atomic E-state index is 6.92. The molecule has 0 N–H and O–H groups in total. The smallest absolute Gasteiger partial charge is 0.228 e. The van der Waals surface area contributed by atoms with Gasteiger partial charge in [0.15, 0.2) is 6.20 Å². The van der Waals surface area contributed by atoms with Gasteiger partial charge in [-0.15, -0.1) is 0 Å². The zero-order valence-electron chi connectivity index (χ0n) is 22.8. The molecule has 1 aliphatic heterocycles. The van der Waals surface area contributed by atoms with E-state index >= 15 is 0 Å². The van der Waals surface area contributed by atoms with Gasteiger partial charge in [-0.25, -0.2) is 4.57 Å². The van der Waals surface area contributed by atoms with Crippen molar-refractivity contribution in [1.29, 1.82) is 0 Å². The molecule has 0 fully saturated rings. The van der Waals surface area contributed by atoms with Crippen molar-refractivity contribution in [2.45, 2.75) is 61.3 Å². The summed E-state index contributed by atoms with van der Waals surface area (Å²) in [5.74, 6) is 1.88. The highest BCUT2D eigenvalue weighted by molar-refractivity contribution is 6.16. The number of aromatic nitrogens is 1. The predicted octanol–water partition coefficient (Wildman–Crippen LogP) is 8.82. The van der Waals surface area contributed by atoms with E-state index in [0.717, 1.165) is 35.5 Å². The minimum absolute atomic E-state index is 0.0891. The van der Waals surface area contributed by atoms with Crippen LogP contribution in [0.15, 0.2) is 53.3 Å². The highest BCUT2D eigenvalue weighted by Gasteiger charge is 2.35. The zero-order valence-corrected chi connectivity index (χ0v) is 22.8. The Bertz CT molecular complexity index is 1690. The largest absolute Gasteiger partial charge is 0.464 e. The van der Waals surface area contributed by atoms with Gasteiger partial charge in [0, 0.05) is 22.4 Å². The van der Waals surface area contributed by atoms with E-state index in [0.29, 0.717) is 0 Å². The number of nitrogens with zero attached hydrogens (tertiary/aromatic N) is 1. The Hall–Kier alpha value is -3.33. The van der Waals surface area contributed by atoms with Gasteiger partial charge in [0.2, 0.25) is 5.69 Å². The van der Waals surface area contributed by atoms with Crippen molar-refractivity contribution < 1.29 is 13.7 Å². The molecule has 5 aromatic rings. The fourth-order valence-corrected chi connectivity index (χ4v) is 6.01. The third kappa shape index (κ3) is 3.59. The van der Waals surface area contributed by atoms with E-state index in [9.17, 15) is 0 Å². The number of hydrogen-bond donors (Lipinski definition) is 0. The molecule has 0 aliphatic carbocycles. The monoisotopic (exact) mass is 478 g/mol. The summed E-state index contributed by atoms with van der Waals surface area (Å²) in [6.45, 7) is 15.9. The van der Waals surface area contributed by atoms with Gasteiger partial charge in [-0.1, -0.05) is 59.7 Å². The predicted molar refractivity (Wildman–Crippen MR) is 149 cm³/mol. The first-order chi connectivity index (χ1) is 16.9. The maximum Gasteiger partial charge on any atom is 0.228 e. The molecule has 0 spiro atoms. The van der Waals surface area contributed by atoms with Gasteiger partial charge in [0.05, 0.1) is 17.2 Å². The van der Waals surface area contributed by atoms with Crippen molar-refractivity contribution in [3.05, 3.63) is 65.5 Å². The zero-order chi connectivity index (χ0) is 25.6. The minimum atomic E-state index is 0.0891. The van der Waals surface area contributed by atoms with Gasteiger partial charge in [0.25, 0.3) is 0 Å². The molecule has 0 bridgehead atoms. The first kappa shape index (κ1) is 23.1. The van der Waals surface area contributed by atoms with E-state index in [1.54, 1.807) is 0 Å². The van der Waals surface area contributed by atoms with Crippen LogP contribution in [0.25, 0.3) is 43.8 Å². The third-order valence-electron chi connectivity index (χ3n) is 7.37. The van der Waals surface area contributed by atoms with Crippen LogP contribution in [0.5, 0.6) is 11.5 Å². The molecule has 6 rings (SSSR count). The third-order valence-corrected chi connectivity index (χ3v) is 7.37. The lowest BCUT2D eigenvalue weighted by Gasteiger charge is -2.27. The lowest BCUT2D eigenvalue weighted by Crippen LogP contribution is -2.32. The molecule has 0 amide bonds. The first-order valence-electron chi connectivity index (χ1n) is 13.0. The Labute approximate surface area is 213 Å². The number of rotatable bonds is 2. The Morgan fingerprint density at radius 3 is 2.31 bits per heavy atom. The number of ether oxygens (including phenoxy) is 1. The summed E-state index contributed by atoms with van der Waals surface area (Å²) in [6.07, 6.45) is 5.92. The summed E-state index contributed by atoms with van der Waals surface area (Å²) in [6, 6.07) is 13.5. The van der Waals surface area contributed by atoms with Crippen LogP contribution in [-0.4, -0.2) is 0 Å². The summed E-state index contributed by atoms with van der Waals surface area (Å²) >= 11 is 0. The fraction of sp³-hybridized carbons (Fsp3) is 0.364. The molecule has 2 aromatic heterocycles. The molecular formula is C33H36NO2+. The molecule has 36 heavy (non-hydrogen) atoms. The van der Waals surface area contributed by atoms with Gasteiger partial charge < -0.3 is 9.15 Å². The van der Waals surface area contributed by atoms with Crippen LogP contribution in [0.4, 0.5) is 0 Å². The second kappa shape index (κ2) is 7.59. The second-order valence-corrected chi connectivity index (χ2v) is 13.0. The van der Waals surface area contributed by atoms with Gasteiger partial charge >= 0.3 is 0 Å². The normalized spacial score (nSPS) is 13.4. The van der Waals surface area contributed by atoms with Gasteiger partial charge in [-0.05, 0) is 64.6 Å². The van der Waals surface area contributed by atoms with Crippen LogP contribution in [-0.2, 0) is 19.9 Å². The fourth-order valence-electron chi connectivity index (χ4n) is 6.01. The van der Waals surface area contributed by atoms with Crippen molar-refractivity contribution in [2.24, 2.45) is 17.9 Å². The van der Waals surface area contributed by atoms with E-state index in [-0.39, 0.29) is 10.8 Å².